The minimum atomic E-state index is -0.493. The molecule has 158 valence electrons. The summed E-state index contributed by atoms with van der Waals surface area (Å²) in [6.07, 6.45) is 1.39. The zero-order chi connectivity index (χ0) is 21.3. The van der Waals surface area contributed by atoms with Crippen molar-refractivity contribution in [1.82, 2.24) is 19.2 Å². The highest BCUT2D eigenvalue weighted by Gasteiger charge is 2.21. The van der Waals surface area contributed by atoms with Gasteiger partial charge >= 0.3 is 0 Å². The van der Waals surface area contributed by atoms with E-state index >= 15 is 0 Å². The van der Waals surface area contributed by atoms with Crippen molar-refractivity contribution < 1.29 is 14.2 Å². The van der Waals surface area contributed by atoms with Crippen molar-refractivity contribution in [3.05, 3.63) is 58.1 Å². The van der Waals surface area contributed by atoms with Crippen LogP contribution >= 0.6 is 23.8 Å². The Morgan fingerprint density at radius 1 is 1.27 bits per heavy atom. The molecule has 30 heavy (non-hydrogen) atoms. The van der Waals surface area contributed by atoms with Crippen LogP contribution in [0.3, 0.4) is 0 Å². The van der Waals surface area contributed by atoms with E-state index in [4.69, 9.17) is 33.7 Å². The minimum Gasteiger partial charge on any atom is -0.497 e. The first-order valence-electron chi connectivity index (χ1n) is 9.66. The molecular formula is C21H22ClFN4O2S. The lowest BCUT2D eigenvalue weighted by Gasteiger charge is -2.29. The summed E-state index contributed by atoms with van der Waals surface area (Å²) in [4.78, 5) is 2.12. The Morgan fingerprint density at radius 2 is 2.03 bits per heavy atom. The number of aromatic nitrogens is 3. The Bertz CT molecular complexity index is 1100. The summed E-state index contributed by atoms with van der Waals surface area (Å²) in [6.45, 7) is 1.90. The molecule has 6 nitrogen and oxygen atoms in total. The van der Waals surface area contributed by atoms with Crippen LogP contribution in [0.5, 0.6) is 5.75 Å². The SMILES string of the molecule is COc1ccc(-c2nn(CN3CCC[C@@H](O)C3)c(=S)n2-c2ccc(F)c(Cl)c2)cc1. The topological polar surface area (TPSA) is 55.4 Å². The standard InChI is InChI=1S/C21H22ClFN4O2S/c1-29-17-7-4-14(5-8-17)20-24-26(13-25-10-2-3-16(28)12-25)21(30)27(20)15-6-9-19(23)18(22)11-15/h4-9,11,16,28H,2-3,10,12-13H2,1H3/t16-/m1/s1. The number of halogens is 2. The van der Waals surface area contributed by atoms with Crippen molar-refractivity contribution in [3.63, 3.8) is 0 Å². The maximum Gasteiger partial charge on any atom is 0.204 e. The number of piperidine rings is 1. The maximum absolute atomic E-state index is 13.7. The van der Waals surface area contributed by atoms with E-state index in [1.54, 1.807) is 22.4 Å². The molecule has 0 spiro atoms. The van der Waals surface area contributed by atoms with Gasteiger partial charge in [-0.25, -0.2) is 9.07 Å². The van der Waals surface area contributed by atoms with Crippen LogP contribution in [0.25, 0.3) is 17.1 Å². The Morgan fingerprint density at radius 3 is 2.70 bits per heavy atom. The number of likely N-dealkylation sites (tertiary alicyclic amines) is 1. The average Bonchev–Trinajstić information content (AvgIpc) is 3.06. The first-order valence-corrected chi connectivity index (χ1v) is 10.4. The number of rotatable bonds is 5. The van der Waals surface area contributed by atoms with Gasteiger partial charge in [-0.05, 0) is 67.5 Å². The van der Waals surface area contributed by atoms with Crippen LogP contribution in [0.2, 0.25) is 5.02 Å². The molecule has 1 aliphatic rings. The Kier molecular flexibility index (Phi) is 6.19. The Hall–Kier alpha value is -2.26. The second-order valence-electron chi connectivity index (χ2n) is 7.28. The Labute approximate surface area is 184 Å². The van der Waals surface area contributed by atoms with Crippen molar-refractivity contribution in [2.45, 2.75) is 25.6 Å². The molecule has 1 atom stereocenters. The monoisotopic (exact) mass is 448 g/mol. The summed E-state index contributed by atoms with van der Waals surface area (Å²) in [7, 11) is 1.61. The molecule has 9 heteroatoms. The van der Waals surface area contributed by atoms with Crippen LogP contribution in [0.4, 0.5) is 4.39 Å². The number of aliphatic hydroxyl groups excluding tert-OH is 1. The molecule has 0 bridgehead atoms. The van der Waals surface area contributed by atoms with Crippen molar-refractivity contribution in [2.75, 3.05) is 20.2 Å². The number of benzene rings is 2. The fourth-order valence-electron chi connectivity index (χ4n) is 3.63. The number of β-amino-alcohol motifs (C(OH)–C–C–N with tert-alkyl or cyclic N) is 1. The molecule has 0 aliphatic carbocycles. The minimum absolute atomic E-state index is 0.0157. The normalized spacial score (nSPS) is 17.3. The largest absolute Gasteiger partial charge is 0.497 e. The molecule has 4 rings (SSSR count). The summed E-state index contributed by atoms with van der Waals surface area (Å²) < 4.78 is 23.0. The van der Waals surface area contributed by atoms with Gasteiger partial charge in [0.1, 0.15) is 11.6 Å². The molecule has 0 amide bonds. The van der Waals surface area contributed by atoms with Gasteiger partial charge in [0.15, 0.2) is 5.82 Å². The first-order chi connectivity index (χ1) is 14.5. The number of ether oxygens (including phenoxy) is 1. The molecule has 1 aromatic heterocycles. The molecule has 0 unspecified atom stereocenters. The van der Waals surface area contributed by atoms with Gasteiger partial charge in [0, 0.05) is 18.7 Å². The van der Waals surface area contributed by atoms with E-state index in [0.29, 0.717) is 29.5 Å². The third kappa shape index (κ3) is 4.27. The molecule has 1 fully saturated rings. The van der Waals surface area contributed by atoms with Crippen molar-refractivity contribution in [3.8, 4) is 22.8 Å². The molecule has 2 heterocycles. The van der Waals surface area contributed by atoms with E-state index in [1.807, 2.05) is 24.3 Å². The van der Waals surface area contributed by atoms with Crippen LogP contribution < -0.4 is 4.74 Å². The summed E-state index contributed by atoms with van der Waals surface area (Å²) >= 11 is 11.8. The van der Waals surface area contributed by atoms with Gasteiger partial charge in [0.2, 0.25) is 4.77 Å². The molecule has 1 saturated heterocycles. The van der Waals surface area contributed by atoms with E-state index < -0.39 is 5.82 Å². The molecule has 0 saturated carbocycles. The third-order valence-electron chi connectivity index (χ3n) is 5.16. The lowest BCUT2D eigenvalue weighted by molar-refractivity contribution is 0.0513. The summed E-state index contributed by atoms with van der Waals surface area (Å²) in [5, 5.41) is 14.8. The second-order valence-corrected chi connectivity index (χ2v) is 8.05. The van der Waals surface area contributed by atoms with Crippen LogP contribution in [0.1, 0.15) is 12.8 Å². The van der Waals surface area contributed by atoms with Crippen molar-refractivity contribution in [2.24, 2.45) is 0 Å². The van der Waals surface area contributed by atoms with E-state index in [9.17, 15) is 9.50 Å². The smallest absolute Gasteiger partial charge is 0.204 e. The molecule has 1 aliphatic heterocycles. The fourth-order valence-corrected chi connectivity index (χ4v) is 4.10. The third-order valence-corrected chi connectivity index (χ3v) is 5.85. The lowest BCUT2D eigenvalue weighted by atomic mass is 10.1. The van der Waals surface area contributed by atoms with E-state index in [2.05, 4.69) is 4.90 Å². The number of nitrogens with zero attached hydrogens (tertiary/aromatic N) is 4. The highest BCUT2D eigenvalue weighted by atomic mass is 35.5. The number of methoxy groups -OCH3 is 1. The number of hydrogen-bond donors (Lipinski definition) is 1. The van der Waals surface area contributed by atoms with Gasteiger partial charge in [0.25, 0.3) is 0 Å². The van der Waals surface area contributed by atoms with Crippen LogP contribution in [-0.2, 0) is 6.67 Å². The first kappa shape index (κ1) is 21.0. The zero-order valence-corrected chi connectivity index (χ0v) is 18.0. The van der Waals surface area contributed by atoms with Crippen LogP contribution in [-0.4, -0.2) is 50.7 Å². The molecule has 2 aromatic carbocycles. The number of hydrogen-bond acceptors (Lipinski definition) is 5. The highest BCUT2D eigenvalue weighted by molar-refractivity contribution is 7.71. The molecule has 3 aromatic rings. The van der Waals surface area contributed by atoms with Crippen LogP contribution in [0.15, 0.2) is 42.5 Å². The summed E-state index contributed by atoms with van der Waals surface area (Å²) in [6, 6.07) is 12.0. The molecular weight excluding hydrogens is 427 g/mol. The van der Waals surface area contributed by atoms with E-state index in [-0.39, 0.29) is 11.1 Å². The average molecular weight is 449 g/mol. The second kappa shape index (κ2) is 8.85. The summed E-state index contributed by atoms with van der Waals surface area (Å²) in [5.41, 5.74) is 1.46. The van der Waals surface area contributed by atoms with Gasteiger partial charge < -0.3 is 9.84 Å². The van der Waals surface area contributed by atoms with E-state index in [0.717, 1.165) is 30.7 Å². The predicted molar refractivity (Wildman–Crippen MR) is 116 cm³/mol. The molecule has 1 N–H and O–H groups in total. The van der Waals surface area contributed by atoms with Gasteiger partial charge in [-0.2, -0.15) is 0 Å². The fraction of sp³-hybridized carbons (Fsp3) is 0.333. The summed E-state index contributed by atoms with van der Waals surface area (Å²) in [5.74, 6) is 0.853. The van der Waals surface area contributed by atoms with Gasteiger partial charge in [0.05, 0.1) is 30.6 Å². The Balaban J connectivity index is 1.79. The van der Waals surface area contributed by atoms with Gasteiger partial charge in [-0.15, -0.1) is 5.10 Å². The molecule has 0 radical (unpaired) electrons. The van der Waals surface area contributed by atoms with Crippen molar-refractivity contribution >= 4 is 23.8 Å². The van der Waals surface area contributed by atoms with Crippen molar-refractivity contribution in [1.29, 1.82) is 0 Å². The van der Waals surface area contributed by atoms with Crippen LogP contribution in [0, 0.1) is 10.6 Å². The van der Waals surface area contributed by atoms with Gasteiger partial charge in [-0.3, -0.25) is 9.47 Å². The van der Waals surface area contributed by atoms with E-state index in [1.165, 1.54) is 12.1 Å². The maximum atomic E-state index is 13.7. The van der Waals surface area contributed by atoms with Gasteiger partial charge in [-0.1, -0.05) is 11.6 Å². The zero-order valence-electron chi connectivity index (χ0n) is 16.5. The number of aliphatic hydroxyl groups is 1. The predicted octanol–water partition coefficient (Wildman–Crippen LogP) is 4.29. The quantitative estimate of drug-likeness (QED) is 0.590. The lowest BCUT2D eigenvalue weighted by Crippen LogP contribution is -2.39. The highest BCUT2D eigenvalue weighted by Crippen LogP contribution is 2.27.